The van der Waals surface area contributed by atoms with Gasteiger partial charge in [-0.25, -0.2) is 4.98 Å². The molecule has 0 saturated heterocycles. The number of rotatable bonds is 8. The SMILES string of the molecule is COc1cc(C=Nn2c(-c3cc4c(OC)cccc4o3)nc3ccccc3c2=O)cc(I)c1OCc1ccc2c(c1)OCO2. The monoisotopic (exact) mass is 701 g/mol. The van der Waals surface area contributed by atoms with Crippen LogP contribution in [0.2, 0.25) is 0 Å². The predicted octanol–water partition coefficient (Wildman–Crippen LogP) is 6.62. The first-order valence-corrected chi connectivity index (χ1v) is 14.6. The molecule has 1 aliphatic rings. The Morgan fingerprint density at radius 2 is 1.77 bits per heavy atom. The average molecular weight is 701 g/mol. The summed E-state index contributed by atoms with van der Waals surface area (Å²) in [5.74, 6) is 3.81. The molecule has 220 valence electrons. The number of hydrogen-bond acceptors (Lipinski definition) is 9. The Hall–Kier alpha value is -5.04. The second-order valence-electron chi connectivity index (χ2n) is 9.81. The van der Waals surface area contributed by atoms with Gasteiger partial charge in [0, 0.05) is 0 Å². The fraction of sp³-hybridized carbons (Fsp3) is 0.121. The number of benzene rings is 4. The van der Waals surface area contributed by atoms with Crippen molar-refractivity contribution in [1.29, 1.82) is 0 Å². The van der Waals surface area contributed by atoms with E-state index in [1.54, 1.807) is 50.8 Å². The van der Waals surface area contributed by atoms with Gasteiger partial charge in [0.15, 0.2) is 28.8 Å². The molecule has 6 aromatic rings. The lowest BCUT2D eigenvalue weighted by atomic mass is 10.2. The van der Waals surface area contributed by atoms with Crippen LogP contribution in [0, 0.1) is 3.57 Å². The molecule has 7 rings (SSSR count). The molecule has 0 unspecified atom stereocenters. The lowest BCUT2D eigenvalue weighted by Gasteiger charge is -2.14. The van der Waals surface area contributed by atoms with Crippen molar-refractivity contribution in [3.05, 3.63) is 104 Å². The summed E-state index contributed by atoms with van der Waals surface area (Å²) in [6, 6.07) is 23.8. The zero-order valence-electron chi connectivity index (χ0n) is 23.6. The molecule has 10 nitrogen and oxygen atoms in total. The molecule has 0 saturated carbocycles. The number of methoxy groups -OCH3 is 2. The highest BCUT2D eigenvalue weighted by atomic mass is 127. The smallest absolute Gasteiger partial charge is 0.282 e. The molecule has 0 bridgehead atoms. The number of hydrogen-bond donors (Lipinski definition) is 0. The second-order valence-corrected chi connectivity index (χ2v) is 11.0. The van der Waals surface area contributed by atoms with Crippen LogP contribution in [-0.4, -0.2) is 36.9 Å². The van der Waals surface area contributed by atoms with E-state index < -0.39 is 0 Å². The Bertz CT molecular complexity index is 2140. The highest BCUT2D eigenvalue weighted by Gasteiger charge is 2.19. The number of aromatic nitrogens is 2. The molecule has 4 aromatic carbocycles. The first-order valence-electron chi connectivity index (χ1n) is 13.5. The van der Waals surface area contributed by atoms with Gasteiger partial charge >= 0.3 is 0 Å². The van der Waals surface area contributed by atoms with Gasteiger partial charge in [0.05, 0.1) is 40.3 Å². The summed E-state index contributed by atoms with van der Waals surface area (Å²) >= 11 is 2.19. The van der Waals surface area contributed by atoms with Crippen molar-refractivity contribution < 1.29 is 28.1 Å². The van der Waals surface area contributed by atoms with Crippen molar-refractivity contribution in [2.75, 3.05) is 21.0 Å². The zero-order chi connectivity index (χ0) is 30.2. The summed E-state index contributed by atoms with van der Waals surface area (Å²) in [5.41, 5.74) is 2.43. The minimum absolute atomic E-state index is 0.213. The first kappa shape index (κ1) is 27.8. The van der Waals surface area contributed by atoms with E-state index in [-0.39, 0.29) is 18.2 Å². The highest BCUT2D eigenvalue weighted by Crippen LogP contribution is 2.37. The van der Waals surface area contributed by atoms with Gasteiger partial charge in [0.1, 0.15) is 17.9 Å². The molecule has 3 heterocycles. The van der Waals surface area contributed by atoms with Gasteiger partial charge in [-0.05, 0) is 88.3 Å². The van der Waals surface area contributed by atoms with E-state index in [4.69, 9.17) is 33.1 Å². The number of furan rings is 1. The minimum Gasteiger partial charge on any atom is -0.496 e. The van der Waals surface area contributed by atoms with E-state index >= 15 is 0 Å². The van der Waals surface area contributed by atoms with Crippen molar-refractivity contribution in [1.82, 2.24) is 9.66 Å². The molecule has 0 amide bonds. The van der Waals surface area contributed by atoms with Crippen LogP contribution in [0.1, 0.15) is 11.1 Å². The molecule has 0 N–H and O–H groups in total. The minimum atomic E-state index is -0.334. The summed E-state index contributed by atoms with van der Waals surface area (Å²) in [7, 11) is 3.17. The van der Waals surface area contributed by atoms with E-state index in [9.17, 15) is 4.79 Å². The molecule has 44 heavy (non-hydrogen) atoms. The Morgan fingerprint density at radius 1 is 0.932 bits per heavy atom. The van der Waals surface area contributed by atoms with Crippen molar-refractivity contribution in [3.8, 4) is 40.3 Å². The van der Waals surface area contributed by atoms with Gasteiger partial charge in [-0.1, -0.05) is 24.3 Å². The molecule has 11 heteroatoms. The van der Waals surface area contributed by atoms with Crippen LogP contribution in [0.25, 0.3) is 33.5 Å². The van der Waals surface area contributed by atoms with Gasteiger partial charge in [0.2, 0.25) is 12.6 Å². The summed E-state index contributed by atoms with van der Waals surface area (Å²) in [6.45, 7) is 0.518. The second kappa shape index (κ2) is 11.6. The maximum Gasteiger partial charge on any atom is 0.282 e. The highest BCUT2D eigenvalue weighted by molar-refractivity contribution is 14.1. The van der Waals surface area contributed by atoms with E-state index in [0.717, 1.165) is 14.5 Å². The van der Waals surface area contributed by atoms with Crippen LogP contribution < -0.4 is 29.2 Å². The van der Waals surface area contributed by atoms with Crippen molar-refractivity contribution >= 4 is 50.7 Å². The Kier molecular flexibility index (Phi) is 7.30. The summed E-state index contributed by atoms with van der Waals surface area (Å²) in [6.07, 6.45) is 1.58. The van der Waals surface area contributed by atoms with Gasteiger partial charge < -0.3 is 28.1 Å². The van der Waals surface area contributed by atoms with E-state index in [0.29, 0.717) is 63.2 Å². The van der Waals surface area contributed by atoms with Crippen LogP contribution in [0.4, 0.5) is 0 Å². The molecule has 0 spiro atoms. The molecule has 0 fully saturated rings. The maximum absolute atomic E-state index is 13.7. The fourth-order valence-electron chi connectivity index (χ4n) is 4.98. The molecule has 1 aliphatic heterocycles. The molecular weight excluding hydrogens is 677 g/mol. The van der Waals surface area contributed by atoms with Crippen LogP contribution in [0.15, 0.2) is 93.2 Å². The third kappa shape index (κ3) is 5.08. The number of nitrogens with zero attached hydrogens (tertiary/aromatic N) is 3. The Morgan fingerprint density at radius 3 is 2.64 bits per heavy atom. The van der Waals surface area contributed by atoms with Crippen LogP contribution >= 0.6 is 22.6 Å². The normalized spacial score (nSPS) is 12.3. The van der Waals surface area contributed by atoms with Crippen molar-refractivity contribution in [3.63, 3.8) is 0 Å². The van der Waals surface area contributed by atoms with Gasteiger partial charge in [0.25, 0.3) is 5.56 Å². The molecule has 0 aliphatic carbocycles. The lowest BCUT2D eigenvalue weighted by Crippen LogP contribution is -2.20. The standard InChI is InChI=1S/C33H24IN3O7/c1-39-25-8-5-9-26-22(25)15-30(44-26)32-36-24-7-4-3-6-21(24)33(38)37(32)35-16-20-12-23(34)31(29(14-20)40-2)41-17-19-10-11-27-28(13-19)43-18-42-27/h3-16H,17-18H2,1-2H3. The summed E-state index contributed by atoms with van der Waals surface area (Å²) < 4.78 is 36.4. The fourth-order valence-corrected chi connectivity index (χ4v) is 5.76. The third-order valence-electron chi connectivity index (χ3n) is 7.11. The third-order valence-corrected chi connectivity index (χ3v) is 7.91. The van der Waals surface area contributed by atoms with Gasteiger partial charge in [-0.2, -0.15) is 9.78 Å². The number of fused-ring (bicyclic) bond motifs is 3. The quantitative estimate of drug-likeness (QED) is 0.129. The average Bonchev–Trinajstić information content (AvgIpc) is 3.70. The number of para-hydroxylation sites is 1. The summed E-state index contributed by atoms with van der Waals surface area (Å²) in [4.78, 5) is 18.5. The predicted molar refractivity (Wildman–Crippen MR) is 173 cm³/mol. The molecule has 0 atom stereocenters. The Balaban J connectivity index is 1.25. The molecule has 0 radical (unpaired) electrons. The zero-order valence-corrected chi connectivity index (χ0v) is 25.7. The molecule has 2 aromatic heterocycles. The van der Waals surface area contributed by atoms with E-state index in [1.807, 2.05) is 48.5 Å². The molecular formula is C33H24IN3O7. The van der Waals surface area contributed by atoms with E-state index in [1.165, 1.54) is 4.68 Å². The van der Waals surface area contributed by atoms with E-state index in [2.05, 4.69) is 27.7 Å². The van der Waals surface area contributed by atoms with Crippen molar-refractivity contribution in [2.24, 2.45) is 5.10 Å². The van der Waals surface area contributed by atoms with Gasteiger partial charge in [-0.15, -0.1) is 0 Å². The number of ether oxygens (including phenoxy) is 5. The summed E-state index contributed by atoms with van der Waals surface area (Å²) in [5, 5.41) is 5.78. The van der Waals surface area contributed by atoms with Gasteiger partial charge in [-0.3, -0.25) is 4.79 Å². The van der Waals surface area contributed by atoms with Crippen molar-refractivity contribution in [2.45, 2.75) is 6.61 Å². The van der Waals surface area contributed by atoms with Crippen LogP contribution in [0.5, 0.6) is 28.7 Å². The first-order chi connectivity index (χ1) is 21.5. The maximum atomic E-state index is 13.7. The number of halogens is 1. The topological polar surface area (TPSA) is 107 Å². The lowest BCUT2D eigenvalue weighted by molar-refractivity contribution is 0.174. The Labute approximate surface area is 264 Å². The van der Waals surface area contributed by atoms with Crippen LogP contribution in [-0.2, 0) is 6.61 Å². The largest absolute Gasteiger partial charge is 0.496 e. The van der Waals surface area contributed by atoms with Crippen LogP contribution in [0.3, 0.4) is 0 Å².